The number of benzene rings is 3. The van der Waals surface area contributed by atoms with Gasteiger partial charge in [0, 0.05) is 39.3 Å². The van der Waals surface area contributed by atoms with Gasteiger partial charge in [0.1, 0.15) is 0 Å². The Morgan fingerprint density at radius 2 is 1.53 bits per heavy atom. The van der Waals surface area contributed by atoms with E-state index in [2.05, 4.69) is 22.3 Å². The number of carbonyl (C=O) groups is 1. The summed E-state index contributed by atoms with van der Waals surface area (Å²) in [5, 5.41) is 4.91. The smallest absolute Gasteiger partial charge is 0.224 e. The van der Waals surface area contributed by atoms with E-state index in [4.69, 9.17) is 0 Å². The highest BCUT2D eigenvalue weighted by molar-refractivity contribution is 7.89. The van der Waals surface area contributed by atoms with Crippen LogP contribution in [0.3, 0.4) is 0 Å². The fourth-order valence-corrected chi connectivity index (χ4v) is 5.48. The van der Waals surface area contributed by atoms with Crippen molar-refractivity contribution in [3.63, 3.8) is 0 Å². The first-order valence-electron chi connectivity index (χ1n) is 11.0. The van der Waals surface area contributed by atoms with Crippen LogP contribution in [0.4, 0.5) is 0 Å². The summed E-state index contributed by atoms with van der Waals surface area (Å²) in [6.45, 7) is 3.34. The number of rotatable bonds is 8. The minimum atomic E-state index is -3.39. The van der Waals surface area contributed by atoms with Crippen LogP contribution < -0.4 is 5.32 Å². The predicted octanol–water partition coefficient (Wildman–Crippen LogP) is 2.65. The predicted molar refractivity (Wildman–Crippen MR) is 128 cm³/mol. The van der Waals surface area contributed by atoms with Crippen molar-refractivity contribution in [2.45, 2.75) is 13.0 Å². The average molecular weight is 452 g/mol. The highest BCUT2D eigenvalue weighted by atomic mass is 32.2. The summed E-state index contributed by atoms with van der Waals surface area (Å²) < 4.78 is 27.0. The van der Waals surface area contributed by atoms with Gasteiger partial charge in [-0.3, -0.25) is 9.69 Å². The van der Waals surface area contributed by atoms with Gasteiger partial charge in [-0.1, -0.05) is 72.8 Å². The standard InChI is InChI=1S/C25H29N3O3S/c29-25(19-23-11-6-10-22-9-4-5-12-24(22)23)26-13-18-32(30,31)28-16-14-27(15-17-28)20-21-7-2-1-3-8-21/h1-12H,13-20H2,(H,26,29). The molecule has 0 bridgehead atoms. The van der Waals surface area contributed by atoms with Crippen LogP contribution in [-0.4, -0.2) is 62.0 Å². The molecule has 1 aliphatic rings. The van der Waals surface area contributed by atoms with Crippen LogP contribution in [0.15, 0.2) is 72.8 Å². The Hall–Kier alpha value is -2.74. The maximum atomic E-state index is 12.7. The zero-order valence-electron chi connectivity index (χ0n) is 18.1. The lowest BCUT2D eigenvalue weighted by Crippen LogP contribution is -2.49. The summed E-state index contributed by atoms with van der Waals surface area (Å²) in [6, 6.07) is 24.0. The van der Waals surface area contributed by atoms with Gasteiger partial charge in [-0.05, 0) is 21.9 Å². The van der Waals surface area contributed by atoms with E-state index in [1.807, 2.05) is 60.7 Å². The lowest BCUT2D eigenvalue weighted by atomic mass is 10.0. The zero-order valence-corrected chi connectivity index (χ0v) is 18.9. The Kier molecular flexibility index (Phi) is 7.19. The molecule has 0 spiro atoms. The normalized spacial score (nSPS) is 15.6. The van der Waals surface area contributed by atoms with Gasteiger partial charge in [0.05, 0.1) is 12.2 Å². The minimum absolute atomic E-state index is 0.0764. The van der Waals surface area contributed by atoms with Gasteiger partial charge in [-0.2, -0.15) is 4.31 Å². The molecule has 168 valence electrons. The van der Waals surface area contributed by atoms with Crippen molar-refractivity contribution in [2.75, 3.05) is 38.5 Å². The van der Waals surface area contributed by atoms with E-state index >= 15 is 0 Å². The number of hydrogen-bond donors (Lipinski definition) is 1. The third-order valence-electron chi connectivity index (χ3n) is 5.89. The summed E-state index contributed by atoms with van der Waals surface area (Å²) in [5.74, 6) is -0.239. The zero-order chi connectivity index (χ0) is 22.4. The molecule has 1 N–H and O–H groups in total. The number of carbonyl (C=O) groups excluding carboxylic acids is 1. The molecule has 32 heavy (non-hydrogen) atoms. The van der Waals surface area contributed by atoms with Crippen LogP contribution in [0.1, 0.15) is 11.1 Å². The van der Waals surface area contributed by atoms with Crippen LogP contribution in [0.5, 0.6) is 0 Å². The quantitative estimate of drug-likeness (QED) is 0.572. The Morgan fingerprint density at radius 1 is 0.844 bits per heavy atom. The third-order valence-corrected chi connectivity index (χ3v) is 7.76. The molecule has 1 fully saturated rings. The lowest BCUT2D eigenvalue weighted by Gasteiger charge is -2.34. The molecule has 0 unspecified atom stereocenters. The summed E-state index contributed by atoms with van der Waals surface area (Å²) in [5.41, 5.74) is 2.18. The van der Waals surface area contributed by atoms with Gasteiger partial charge < -0.3 is 5.32 Å². The molecule has 0 saturated carbocycles. The molecule has 0 radical (unpaired) electrons. The van der Waals surface area contributed by atoms with Gasteiger partial charge in [0.15, 0.2) is 0 Å². The van der Waals surface area contributed by atoms with Crippen LogP contribution in [-0.2, 0) is 27.8 Å². The molecule has 7 heteroatoms. The van der Waals surface area contributed by atoms with Crippen molar-refractivity contribution in [1.82, 2.24) is 14.5 Å². The van der Waals surface area contributed by atoms with Crippen molar-refractivity contribution in [1.29, 1.82) is 0 Å². The van der Waals surface area contributed by atoms with Gasteiger partial charge >= 0.3 is 0 Å². The minimum Gasteiger partial charge on any atom is -0.355 e. The largest absolute Gasteiger partial charge is 0.355 e. The number of fused-ring (bicyclic) bond motifs is 1. The first-order chi connectivity index (χ1) is 15.5. The molecule has 1 aliphatic heterocycles. The lowest BCUT2D eigenvalue weighted by molar-refractivity contribution is -0.120. The molecule has 0 atom stereocenters. The summed E-state index contributed by atoms with van der Waals surface area (Å²) in [7, 11) is -3.39. The van der Waals surface area contributed by atoms with Crippen LogP contribution in [0.2, 0.25) is 0 Å². The van der Waals surface area contributed by atoms with E-state index < -0.39 is 10.0 Å². The molecule has 0 aliphatic carbocycles. The number of amides is 1. The highest BCUT2D eigenvalue weighted by Crippen LogP contribution is 2.19. The van der Waals surface area contributed by atoms with Crippen LogP contribution in [0.25, 0.3) is 10.8 Å². The Balaban J connectivity index is 1.23. The maximum Gasteiger partial charge on any atom is 0.224 e. The number of nitrogens with zero attached hydrogens (tertiary/aromatic N) is 2. The molecule has 4 rings (SSSR count). The van der Waals surface area contributed by atoms with Crippen molar-refractivity contribution < 1.29 is 13.2 Å². The van der Waals surface area contributed by atoms with E-state index in [1.165, 1.54) is 5.56 Å². The molecular formula is C25H29N3O3S. The molecular weight excluding hydrogens is 422 g/mol. The fraction of sp³-hybridized carbons (Fsp3) is 0.320. The summed E-state index contributed by atoms with van der Waals surface area (Å²) in [6.07, 6.45) is 0.236. The number of hydrogen-bond acceptors (Lipinski definition) is 4. The number of nitrogens with one attached hydrogen (secondary N) is 1. The second-order valence-corrected chi connectivity index (χ2v) is 10.2. The Morgan fingerprint density at radius 3 is 2.31 bits per heavy atom. The van der Waals surface area contributed by atoms with Crippen LogP contribution >= 0.6 is 0 Å². The molecule has 0 aromatic heterocycles. The number of piperazine rings is 1. The SMILES string of the molecule is O=C(Cc1cccc2ccccc12)NCCS(=O)(=O)N1CCN(Cc2ccccc2)CC1. The van der Waals surface area contributed by atoms with Crippen molar-refractivity contribution in [3.8, 4) is 0 Å². The van der Waals surface area contributed by atoms with E-state index in [9.17, 15) is 13.2 Å². The van der Waals surface area contributed by atoms with Crippen molar-refractivity contribution in [3.05, 3.63) is 83.9 Å². The van der Waals surface area contributed by atoms with Gasteiger partial charge in [-0.15, -0.1) is 0 Å². The average Bonchev–Trinajstić information content (AvgIpc) is 2.80. The second kappa shape index (κ2) is 10.3. The molecule has 1 heterocycles. The molecule has 3 aromatic carbocycles. The fourth-order valence-electron chi connectivity index (χ4n) is 4.14. The Labute approximate surface area is 189 Å². The second-order valence-electron chi connectivity index (χ2n) is 8.14. The molecule has 3 aromatic rings. The van der Waals surface area contributed by atoms with Gasteiger partial charge in [0.25, 0.3) is 0 Å². The van der Waals surface area contributed by atoms with E-state index in [1.54, 1.807) is 4.31 Å². The first-order valence-corrected chi connectivity index (χ1v) is 12.6. The van der Waals surface area contributed by atoms with Gasteiger partial charge in [0.2, 0.25) is 15.9 Å². The monoisotopic (exact) mass is 451 g/mol. The topological polar surface area (TPSA) is 69.7 Å². The Bertz CT molecular complexity index is 1150. The first kappa shape index (κ1) is 22.5. The number of sulfonamides is 1. The third kappa shape index (κ3) is 5.73. The molecule has 1 saturated heterocycles. The van der Waals surface area contributed by atoms with E-state index in [0.29, 0.717) is 26.2 Å². The maximum absolute atomic E-state index is 12.7. The van der Waals surface area contributed by atoms with Gasteiger partial charge in [-0.25, -0.2) is 8.42 Å². The van der Waals surface area contributed by atoms with Crippen LogP contribution in [0, 0.1) is 0 Å². The van der Waals surface area contributed by atoms with Crippen molar-refractivity contribution >= 4 is 26.7 Å². The highest BCUT2D eigenvalue weighted by Gasteiger charge is 2.26. The molecule has 6 nitrogen and oxygen atoms in total. The van der Waals surface area contributed by atoms with Crippen molar-refractivity contribution in [2.24, 2.45) is 0 Å². The van der Waals surface area contributed by atoms with E-state index in [0.717, 1.165) is 22.9 Å². The molecule has 1 amide bonds. The van der Waals surface area contributed by atoms with E-state index in [-0.39, 0.29) is 24.6 Å². The summed E-state index contributed by atoms with van der Waals surface area (Å²) in [4.78, 5) is 14.7. The summed E-state index contributed by atoms with van der Waals surface area (Å²) >= 11 is 0.